The molecule has 1 rings (SSSR count). The van der Waals surface area contributed by atoms with Gasteiger partial charge in [-0.25, -0.2) is 4.39 Å². The minimum Gasteiger partial charge on any atom is -0.368 e. The molecule has 1 unspecified atom stereocenters. The van der Waals surface area contributed by atoms with Crippen LogP contribution in [0.5, 0.6) is 0 Å². The van der Waals surface area contributed by atoms with Crippen LogP contribution in [0.1, 0.15) is 18.5 Å². The molecule has 0 aliphatic carbocycles. The molecule has 1 aromatic carbocycles. The van der Waals surface area contributed by atoms with Gasteiger partial charge in [0, 0.05) is 10.6 Å². The molecule has 0 saturated heterocycles. The van der Waals surface area contributed by atoms with E-state index in [2.05, 4.69) is 5.32 Å². The number of primary amides is 1. The van der Waals surface area contributed by atoms with Gasteiger partial charge in [-0.3, -0.25) is 4.79 Å². The number of amides is 1. The van der Waals surface area contributed by atoms with Crippen molar-refractivity contribution in [1.82, 2.24) is 5.32 Å². The van der Waals surface area contributed by atoms with Crippen LogP contribution in [0.3, 0.4) is 0 Å². The van der Waals surface area contributed by atoms with Gasteiger partial charge in [-0.2, -0.15) is 0 Å². The Bertz CT molecular complexity index is 370. The number of halogens is 2. The van der Waals surface area contributed by atoms with Gasteiger partial charge in [0.05, 0.1) is 0 Å². The van der Waals surface area contributed by atoms with Gasteiger partial charge in [-0.15, -0.1) is 0 Å². The third-order valence-electron chi connectivity index (χ3n) is 1.96. The molecule has 0 heterocycles. The molecule has 0 fully saturated rings. The van der Waals surface area contributed by atoms with Crippen molar-refractivity contribution in [2.75, 3.05) is 6.54 Å². The van der Waals surface area contributed by atoms with Crippen LogP contribution in [0, 0.1) is 5.82 Å². The molecule has 0 aliphatic heterocycles. The Morgan fingerprint density at radius 1 is 1.67 bits per heavy atom. The van der Waals surface area contributed by atoms with Crippen LogP contribution in [-0.2, 0) is 4.79 Å². The minimum absolute atomic E-state index is 0.178. The molecular weight excluding hydrogens is 219 g/mol. The topological polar surface area (TPSA) is 55.1 Å². The zero-order valence-corrected chi connectivity index (χ0v) is 9.01. The molecule has 5 heteroatoms. The molecule has 0 aromatic heterocycles. The summed E-state index contributed by atoms with van der Waals surface area (Å²) in [5, 5.41) is 3.16. The number of hydrogen-bond donors (Lipinski definition) is 2. The quantitative estimate of drug-likeness (QED) is 0.826. The number of rotatable bonds is 4. The first-order valence-corrected chi connectivity index (χ1v) is 4.91. The molecule has 0 aliphatic rings. The molecule has 1 atom stereocenters. The highest BCUT2D eigenvalue weighted by Gasteiger charge is 2.20. The monoisotopic (exact) mass is 230 g/mol. The van der Waals surface area contributed by atoms with Gasteiger partial charge >= 0.3 is 0 Å². The largest absolute Gasteiger partial charge is 0.368 e. The fraction of sp³-hybridized carbons (Fsp3) is 0.300. The molecule has 0 spiro atoms. The van der Waals surface area contributed by atoms with Crippen molar-refractivity contribution in [3.63, 3.8) is 0 Å². The lowest BCUT2D eigenvalue weighted by molar-refractivity contribution is -0.120. The minimum atomic E-state index is -0.839. The van der Waals surface area contributed by atoms with E-state index in [1.165, 1.54) is 18.2 Å². The number of carbonyl (C=O) groups is 1. The summed E-state index contributed by atoms with van der Waals surface area (Å²) >= 11 is 5.72. The van der Waals surface area contributed by atoms with Crippen molar-refractivity contribution >= 4 is 17.5 Å². The lowest BCUT2D eigenvalue weighted by Crippen LogP contribution is -2.34. The van der Waals surface area contributed by atoms with Crippen LogP contribution < -0.4 is 11.1 Å². The lowest BCUT2D eigenvalue weighted by Gasteiger charge is -2.15. The fourth-order valence-electron chi connectivity index (χ4n) is 1.30. The third kappa shape index (κ3) is 2.91. The van der Waals surface area contributed by atoms with E-state index in [9.17, 15) is 9.18 Å². The summed E-state index contributed by atoms with van der Waals surface area (Å²) in [7, 11) is 0. The SMILES string of the molecule is CCNC(C(N)=O)c1cc(Cl)ccc1F. The number of hydrogen-bond acceptors (Lipinski definition) is 2. The van der Waals surface area contributed by atoms with Gasteiger partial charge in [0.15, 0.2) is 0 Å². The van der Waals surface area contributed by atoms with Gasteiger partial charge in [-0.1, -0.05) is 18.5 Å². The molecule has 3 N–H and O–H groups in total. The van der Waals surface area contributed by atoms with Gasteiger partial charge in [0.2, 0.25) is 5.91 Å². The molecule has 0 bridgehead atoms. The summed E-state index contributed by atoms with van der Waals surface area (Å²) in [5.74, 6) is -1.12. The van der Waals surface area contributed by atoms with Crippen LogP contribution in [-0.4, -0.2) is 12.5 Å². The Morgan fingerprint density at radius 2 is 2.33 bits per heavy atom. The van der Waals surface area contributed by atoms with Gasteiger partial charge < -0.3 is 11.1 Å². The van der Waals surface area contributed by atoms with Gasteiger partial charge in [0.25, 0.3) is 0 Å². The maximum Gasteiger partial charge on any atom is 0.239 e. The van der Waals surface area contributed by atoms with Crippen molar-refractivity contribution in [1.29, 1.82) is 0 Å². The number of carbonyl (C=O) groups excluding carboxylic acids is 1. The molecule has 0 saturated carbocycles. The van der Waals surface area contributed by atoms with Crippen LogP contribution in [0.25, 0.3) is 0 Å². The Morgan fingerprint density at radius 3 is 2.87 bits per heavy atom. The van der Waals surface area contributed by atoms with Gasteiger partial charge in [0.1, 0.15) is 11.9 Å². The zero-order chi connectivity index (χ0) is 11.4. The van der Waals surface area contributed by atoms with E-state index in [-0.39, 0.29) is 5.56 Å². The molecule has 1 aromatic rings. The van der Waals surface area contributed by atoms with Crippen molar-refractivity contribution < 1.29 is 9.18 Å². The Labute approximate surface area is 92.4 Å². The number of nitrogens with two attached hydrogens (primary N) is 1. The van der Waals surface area contributed by atoms with E-state index in [1.807, 2.05) is 0 Å². The third-order valence-corrected chi connectivity index (χ3v) is 2.20. The number of nitrogens with one attached hydrogen (secondary N) is 1. The van der Waals surface area contributed by atoms with Gasteiger partial charge in [-0.05, 0) is 24.7 Å². The second-order valence-electron chi connectivity index (χ2n) is 3.06. The smallest absolute Gasteiger partial charge is 0.239 e. The Hall–Kier alpha value is -1.13. The van der Waals surface area contributed by atoms with Crippen LogP contribution in [0.4, 0.5) is 4.39 Å². The van der Waals surface area contributed by atoms with E-state index >= 15 is 0 Å². The van der Waals surface area contributed by atoms with Crippen molar-refractivity contribution in [2.24, 2.45) is 5.73 Å². The normalized spacial score (nSPS) is 12.5. The Balaban J connectivity index is 3.09. The number of likely N-dealkylation sites (N-methyl/N-ethyl adjacent to an activating group) is 1. The summed E-state index contributed by atoms with van der Waals surface area (Å²) in [6.07, 6.45) is 0. The molecule has 82 valence electrons. The lowest BCUT2D eigenvalue weighted by atomic mass is 10.1. The summed E-state index contributed by atoms with van der Waals surface area (Å²) in [5.41, 5.74) is 5.34. The van der Waals surface area contributed by atoms with E-state index in [4.69, 9.17) is 17.3 Å². The Kier molecular flexibility index (Phi) is 4.05. The highest BCUT2D eigenvalue weighted by molar-refractivity contribution is 6.30. The van der Waals surface area contributed by atoms with E-state index in [0.717, 1.165) is 0 Å². The first kappa shape index (κ1) is 11.9. The molecule has 15 heavy (non-hydrogen) atoms. The first-order valence-electron chi connectivity index (χ1n) is 4.54. The molecule has 1 amide bonds. The molecular formula is C10H12ClFN2O. The predicted octanol–water partition coefficient (Wildman–Crippen LogP) is 1.61. The standard InChI is InChI=1S/C10H12ClFN2O/c1-2-14-9(10(13)15)7-5-6(11)3-4-8(7)12/h3-5,9,14H,2H2,1H3,(H2,13,15). The number of benzene rings is 1. The second kappa shape index (κ2) is 5.09. The first-order chi connectivity index (χ1) is 7.06. The fourth-order valence-corrected chi connectivity index (χ4v) is 1.48. The molecule has 3 nitrogen and oxygen atoms in total. The maximum absolute atomic E-state index is 13.4. The summed E-state index contributed by atoms with van der Waals surface area (Å²) in [6.45, 7) is 2.32. The summed E-state index contributed by atoms with van der Waals surface area (Å²) < 4.78 is 13.4. The second-order valence-corrected chi connectivity index (χ2v) is 3.50. The van der Waals surface area contributed by atoms with Crippen LogP contribution in [0.15, 0.2) is 18.2 Å². The van der Waals surface area contributed by atoms with E-state index in [0.29, 0.717) is 11.6 Å². The average molecular weight is 231 g/mol. The van der Waals surface area contributed by atoms with Crippen molar-refractivity contribution in [3.05, 3.63) is 34.6 Å². The van der Waals surface area contributed by atoms with Crippen molar-refractivity contribution in [3.8, 4) is 0 Å². The summed E-state index contributed by atoms with van der Waals surface area (Å²) in [6, 6.07) is 3.19. The van der Waals surface area contributed by atoms with Crippen LogP contribution in [0.2, 0.25) is 5.02 Å². The summed E-state index contributed by atoms with van der Waals surface area (Å²) in [4.78, 5) is 11.1. The molecule has 0 radical (unpaired) electrons. The zero-order valence-electron chi connectivity index (χ0n) is 8.26. The highest BCUT2D eigenvalue weighted by Crippen LogP contribution is 2.21. The highest BCUT2D eigenvalue weighted by atomic mass is 35.5. The average Bonchev–Trinajstić information content (AvgIpc) is 2.18. The van der Waals surface area contributed by atoms with Crippen molar-refractivity contribution in [2.45, 2.75) is 13.0 Å². The van der Waals surface area contributed by atoms with E-state index < -0.39 is 17.8 Å². The van der Waals surface area contributed by atoms with E-state index in [1.54, 1.807) is 6.92 Å². The maximum atomic E-state index is 13.4. The van der Waals surface area contributed by atoms with Crippen LogP contribution >= 0.6 is 11.6 Å². The predicted molar refractivity (Wildman–Crippen MR) is 57.0 cm³/mol.